The van der Waals surface area contributed by atoms with Gasteiger partial charge in [-0.1, -0.05) is 27.7 Å². The Kier molecular flexibility index (Phi) is 17.4. The lowest BCUT2D eigenvalue weighted by atomic mass is 10.0. The first-order chi connectivity index (χ1) is 10.1. The van der Waals surface area contributed by atoms with Crippen molar-refractivity contribution in [1.82, 2.24) is 15.5 Å². The second kappa shape index (κ2) is 15.8. The highest BCUT2D eigenvalue weighted by atomic mass is 127. The third-order valence-electron chi connectivity index (χ3n) is 3.54. The number of halogens is 1. The van der Waals surface area contributed by atoms with E-state index in [2.05, 4.69) is 48.2 Å². The minimum atomic E-state index is 0. The van der Waals surface area contributed by atoms with Gasteiger partial charge in [0.25, 0.3) is 0 Å². The van der Waals surface area contributed by atoms with Gasteiger partial charge in [-0.15, -0.1) is 24.0 Å². The summed E-state index contributed by atoms with van der Waals surface area (Å²) < 4.78 is 5.33. The molecule has 0 aromatic carbocycles. The molecular weight excluding hydrogens is 391 g/mol. The molecule has 0 heterocycles. The molecule has 0 saturated heterocycles. The second-order valence-corrected chi connectivity index (χ2v) is 5.58. The molecule has 0 aliphatic heterocycles. The number of likely N-dealkylation sites (N-methyl/N-ethyl adjacent to an activating group) is 1. The first kappa shape index (κ1) is 24.2. The zero-order valence-electron chi connectivity index (χ0n) is 15.3. The Morgan fingerprint density at radius 1 is 1.14 bits per heavy atom. The number of hydrogen-bond acceptors (Lipinski definition) is 3. The van der Waals surface area contributed by atoms with E-state index in [9.17, 15) is 0 Å². The molecule has 1 unspecified atom stereocenters. The Labute approximate surface area is 154 Å². The van der Waals surface area contributed by atoms with Crippen LogP contribution < -0.4 is 10.6 Å². The van der Waals surface area contributed by atoms with Gasteiger partial charge in [-0.3, -0.25) is 9.89 Å². The van der Waals surface area contributed by atoms with Crippen molar-refractivity contribution in [3.63, 3.8) is 0 Å². The molecule has 1 atom stereocenters. The molecular formula is C16H37IN4O. The molecule has 0 radical (unpaired) electrons. The van der Waals surface area contributed by atoms with E-state index in [4.69, 9.17) is 4.74 Å². The normalized spacial score (nSPS) is 13.2. The molecule has 0 aliphatic rings. The van der Waals surface area contributed by atoms with Gasteiger partial charge in [0.05, 0.1) is 6.61 Å². The van der Waals surface area contributed by atoms with Gasteiger partial charge in [0.1, 0.15) is 0 Å². The molecule has 0 aromatic rings. The highest BCUT2D eigenvalue weighted by Gasteiger charge is 2.17. The van der Waals surface area contributed by atoms with Crippen molar-refractivity contribution in [3.05, 3.63) is 0 Å². The fourth-order valence-electron chi connectivity index (χ4n) is 2.47. The van der Waals surface area contributed by atoms with Crippen LogP contribution in [0.5, 0.6) is 0 Å². The maximum Gasteiger partial charge on any atom is 0.191 e. The minimum Gasteiger partial charge on any atom is -0.380 e. The van der Waals surface area contributed by atoms with Crippen LogP contribution in [-0.2, 0) is 4.74 Å². The standard InChI is InChI=1S/C16H36N4O.HI/c1-7-20(8-2)15(12-14(4)5)13-19-16(17-6)18-10-11-21-9-3;/h14-15H,7-13H2,1-6H3,(H2,17,18,19);1H. The third-order valence-corrected chi connectivity index (χ3v) is 3.54. The van der Waals surface area contributed by atoms with Crippen LogP contribution in [0.3, 0.4) is 0 Å². The fraction of sp³-hybridized carbons (Fsp3) is 0.938. The van der Waals surface area contributed by atoms with Gasteiger partial charge in [0, 0.05) is 32.8 Å². The van der Waals surface area contributed by atoms with E-state index in [-0.39, 0.29) is 24.0 Å². The van der Waals surface area contributed by atoms with Gasteiger partial charge >= 0.3 is 0 Å². The van der Waals surface area contributed by atoms with E-state index in [1.54, 1.807) is 0 Å². The Morgan fingerprint density at radius 2 is 1.77 bits per heavy atom. The highest BCUT2D eigenvalue weighted by Crippen LogP contribution is 2.10. The van der Waals surface area contributed by atoms with Crippen molar-refractivity contribution in [2.45, 2.75) is 47.1 Å². The first-order valence-electron chi connectivity index (χ1n) is 8.35. The average molecular weight is 428 g/mol. The maximum absolute atomic E-state index is 5.33. The summed E-state index contributed by atoms with van der Waals surface area (Å²) in [4.78, 5) is 6.78. The third kappa shape index (κ3) is 11.5. The lowest BCUT2D eigenvalue weighted by Gasteiger charge is -2.31. The Hall–Kier alpha value is -0.0800. The van der Waals surface area contributed by atoms with Crippen LogP contribution in [0, 0.1) is 5.92 Å². The van der Waals surface area contributed by atoms with Crippen molar-refractivity contribution in [2.24, 2.45) is 10.9 Å². The molecule has 0 amide bonds. The zero-order chi connectivity index (χ0) is 16.1. The molecule has 0 rings (SSSR count). The quantitative estimate of drug-likeness (QED) is 0.230. The lowest BCUT2D eigenvalue weighted by molar-refractivity contribution is 0.152. The van der Waals surface area contributed by atoms with Crippen molar-refractivity contribution < 1.29 is 4.74 Å². The maximum atomic E-state index is 5.33. The lowest BCUT2D eigenvalue weighted by Crippen LogP contribution is -2.48. The number of nitrogens with one attached hydrogen (secondary N) is 2. The van der Waals surface area contributed by atoms with Gasteiger partial charge in [0.15, 0.2) is 5.96 Å². The van der Waals surface area contributed by atoms with Crippen molar-refractivity contribution >= 4 is 29.9 Å². The molecule has 0 spiro atoms. The molecule has 5 nitrogen and oxygen atoms in total. The molecule has 134 valence electrons. The molecule has 0 aliphatic carbocycles. The smallest absolute Gasteiger partial charge is 0.191 e. The Bertz CT molecular complexity index is 271. The average Bonchev–Trinajstić information content (AvgIpc) is 2.46. The number of ether oxygens (including phenoxy) is 1. The largest absolute Gasteiger partial charge is 0.380 e. The topological polar surface area (TPSA) is 48.9 Å². The van der Waals surface area contributed by atoms with Crippen LogP contribution in [0.15, 0.2) is 4.99 Å². The van der Waals surface area contributed by atoms with E-state index < -0.39 is 0 Å². The van der Waals surface area contributed by atoms with Crippen LogP contribution >= 0.6 is 24.0 Å². The first-order valence-corrected chi connectivity index (χ1v) is 8.35. The van der Waals surface area contributed by atoms with Crippen molar-refractivity contribution in [1.29, 1.82) is 0 Å². The van der Waals surface area contributed by atoms with E-state index in [1.165, 1.54) is 6.42 Å². The molecule has 0 saturated carbocycles. The predicted octanol–water partition coefficient (Wildman–Crippen LogP) is 2.56. The van der Waals surface area contributed by atoms with Gasteiger partial charge < -0.3 is 15.4 Å². The summed E-state index contributed by atoms with van der Waals surface area (Å²) in [6.45, 7) is 16.4. The second-order valence-electron chi connectivity index (χ2n) is 5.58. The van der Waals surface area contributed by atoms with Gasteiger partial charge in [-0.05, 0) is 32.4 Å². The van der Waals surface area contributed by atoms with Gasteiger partial charge in [-0.2, -0.15) is 0 Å². The summed E-state index contributed by atoms with van der Waals surface area (Å²) in [6, 6.07) is 0.547. The Morgan fingerprint density at radius 3 is 2.23 bits per heavy atom. The van der Waals surface area contributed by atoms with Crippen LogP contribution in [0.4, 0.5) is 0 Å². The van der Waals surface area contributed by atoms with Crippen LogP contribution in [0.1, 0.15) is 41.0 Å². The van der Waals surface area contributed by atoms with E-state index in [0.29, 0.717) is 18.6 Å². The van der Waals surface area contributed by atoms with E-state index in [0.717, 1.165) is 38.7 Å². The number of rotatable bonds is 11. The molecule has 2 N–H and O–H groups in total. The SMILES string of the molecule is CCOCCNC(=NC)NCC(CC(C)C)N(CC)CC.I. The molecule has 22 heavy (non-hydrogen) atoms. The fourth-order valence-corrected chi connectivity index (χ4v) is 2.47. The van der Waals surface area contributed by atoms with Crippen molar-refractivity contribution in [2.75, 3.05) is 46.4 Å². The summed E-state index contributed by atoms with van der Waals surface area (Å²) in [6.07, 6.45) is 1.20. The number of nitrogens with zero attached hydrogens (tertiary/aromatic N) is 2. The van der Waals surface area contributed by atoms with Crippen LogP contribution in [0.2, 0.25) is 0 Å². The van der Waals surface area contributed by atoms with Crippen molar-refractivity contribution in [3.8, 4) is 0 Å². The molecule has 6 heteroatoms. The summed E-state index contributed by atoms with van der Waals surface area (Å²) in [5.41, 5.74) is 0. The number of aliphatic imine (C=N–C) groups is 1. The summed E-state index contributed by atoms with van der Waals surface area (Å²) in [7, 11) is 1.81. The van der Waals surface area contributed by atoms with E-state index in [1.807, 2.05) is 14.0 Å². The minimum absolute atomic E-state index is 0. The van der Waals surface area contributed by atoms with Gasteiger partial charge in [-0.25, -0.2) is 0 Å². The summed E-state index contributed by atoms with van der Waals surface area (Å²) >= 11 is 0. The van der Waals surface area contributed by atoms with Gasteiger partial charge in [0.2, 0.25) is 0 Å². The Balaban J connectivity index is 0. The molecule has 0 aromatic heterocycles. The molecule has 0 fully saturated rings. The number of guanidine groups is 1. The predicted molar refractivity (Wildman–Crippen MR) is 107 cm³/mol. The summed E-state index contributed by atoms with van der Waals surface area (Å²) in [5.74, 6) is 1.56. The van der Waals surface area contributed by atoms with Crippen LogP contribution in [-0.4, -0.2) is 63.3 Å². The molecule has 0 bridgehead atoms. The zero-order valence-corrected chi connectivity index (χ0v) is 17.6. The van der Waals surface area contributed by atoms with E-state index >= 15 is 0 Å². The monoisotopic (exact) mass is 428 g/mol. The van der Waals surface area contributed by atoms with Crippen LogP contribution in [0.25, 0.3) is 0 Å². The number of hydrogen-bond donors (Lipinski definition) is 2. The summed E-state index contributed by atoms with van der Waals surface area (Å²) in [5, 5.41) is 6.73. The highest BCUT2D eigenvalue weighted by molar-refractivity contribution is 14.0.